The zero-order valence-electron chi connectivity index (χ0n) is 28.6. The number of ether oxygens (including phenoxy) is 4. The molecule has 0 saturated carbocycles. The maximum absolute atomic E-state index is 11.1. The number of rotatable bonds is 15. The summed E-state index contributed by atoms with van der Waals surface area (Å²) in [4.78, 5) is 0. The first-order chi connectivity index (χ1) is 21.9. The van der Waals surface area contributed by atoms with E-state index in [1.54, 1.807) is 7.11 Å². The van der Waals surface area contributed by atoms with E-state index < -0.39 is 26.3 Å². The van der Waals surface area contributed by atoms with Gasteiger partial charge in [-0.25, -0.2) is 0 Å². The summed E-state index contributed by atoms with van der Waals surface area (Å²) in [5, 5.41) is 13.6. The molecule has 0 radical (unpaired) electrons. The standard InChI is InChI=1S/C39H52O6Si/c1-30(25-28-43-46(38(2,3)4,33-16-10-8-11-17-33)34-18-12-9-13-19-34)15-14-20-35(40)37-36(44-39(5,6)45-37)26-27-42-29-31-21-23-32(41-7)24-22-31/h8-14,16-25,35-37,40H,15,26-29H2,1-7H3/b20-14+,30-25-/t35-,36+,37-/m1/s1. The second kappa shape index (κ2) is 16.2. The highest BCUT2D eigenvalue weighted by atomic mass is 28.4. The molecule has 1 aliphatic rings. The molecular weight excluding hydrogens is 593 g/mol. The molecule has 1 heterocycles. The Bertz CT molecular complexity index is 1360. The van der Waals surface area contributed by atoms with Gasteiger partial charge in [0.2, 0.25) is 0 Å². The minimum atomic E-state index is -2.59. The SMILES string of the molecule is COc1ccc(COCC[C@@H]2OC(C)(C)O[C@@H]2[C@H](O)/C=C/C/C(C)=C\CO[Si](c2ccccc2)(c2ccccc2)C(C)(C)C)cc1. The van der Waals surface area contributed by atoms with E-state index in [-0.39, 0.29) is 11.1 Å². The molecule has 1 saturated heterocycles. The van der Waals surface area contributed by atoms with Crippen molar-refractivity contribution in [2.24, 2.45) is 0 Å². The summed E-state index contributed by atoms with van der Waals surface area (Å²) < 4.78 is 30.4. The average Bonchev–Trinajstić information content (AvgIpc) is 3.36. The molecular formula is C39H52O6Si. The summed E-state index contributed by atoms with van der Waals surface area (Å²) >= 11 is 0. The smallest absolute Gasteiger partial charge is 0.261 e. The number of methoxy groups -OCH3 is 1. The second-order valence-electron chi connectivity index (χ2n) is 13.5. The highest BCUT2D eigenvalue weighted by Crippen LogP contribution is 2.37. The van der Waals surface area contributed by atoms with Crippen LogP contribution >= 0.6 is 0 Å². The van der Waals surface area contributed by atoms with Crippen LogP contribution < -0.4 is 15.1 Å². The third-order valence-electron chi connectivity index (χ3n) is 8.45. The lowest BCUT2D eigenvalue weighted by atomic mass is 10.0. The number of benzene rings is 3. The molecule has 1 aliphatic heterocycles. The monoisotopic (exact) mass is 644 g/mol. The molecule has 4 rings (SSSR count). The van der Waals surface area contributed by atoms with Gasteiger partial charge in [-0.05, 0) is 66.7 Å². The van der Waals surface area contributed by atoms with Crippen LogP contribution in [-0.2, 0) is 25.2 Å². The van der Waals surface area contributed by atoms with Crippen molar-refractivity contribution in [3.63, 3.8) is 0 Å². The van der Waals surface area contributed by atoms with Crippen molar-refractivity contribution in [1.82, 2.24) is 0 Å². The summed E-state index contributed by atoms with van der Waals surface area (Å²) in [6.45, 7) is 14.2. The van der Waals surface area contributed by atoms with E-state index in [9.17, 15) is 5.11 Å². The van der Waals surface area contributed by atoms with Crippen molar-refractivity contribution in [2.45, 2.75) is 90.1 Å². The van der Waals surface area contributed by atoms with Gasteiger partial charge in [0.1, 0.15) is 18.0 Å². The van der Waals surface area contributed by atoms with Crippen LogP contribution in [0.1, 0.15) is 59.9 Å². The van der Waals surface area contributed by atoms with Gasteiger partial charge in [-0.1, -0.05) is 117 Å². The topological polar surface area (TPSA) is 66.4 Å². The van der Waals surface area contributed by atoms with Gasteiger partial charge in [-0.2, -0.15) is 0 Å². The molecule has 3 atom stereocenters. The van der Waals surface area contributed by atoms with E-state index in [0.717, 1.165) is 11.3 Å². The number of hydrogen-bond acceptors (Lipinski definition) is 6. The zero-order valence-corrected chi connectivity index (χ0v) is 29.6. The van der Waals surface area contributed by atoms with Crippen LogP contribution in [0, 0.1) is 0 Å². The quantitative estimate of drug-likeness (QED) is 0.110. The van der Waals surface area contributed by atoms with Gasteiger partial charge < -0.3 is 28.5 Å². The Labute approximate surface area is 277 Å². The third kappa shape index (κ3) is 9.28. The summed E-state index contributed by atoms with van der Waals surface area (Å²) in [6.07, 6.45) is 5.76. The predicted molar refractivity (Wildman–Crippen MR) is 188 cm³/mol. The van der Waals surface area contributed by atoms with Crippen molar-refractivity contribution in [1.29, 1.82) is 0 Å². The van der Waals surface area contributed by atoms with E-state index in [1.807, 2.05) is 50.3 Å². The number of allylic oxidation sites excluding steroid dienone is 2. The molecule has 0 bridgehead atoms. The van der Waals surface area contributed by atoms with Crippen LogP contribution in [0.3, 0.4) is 0 Å². The molecule has 0 aromatic heterocycles. The van der Waals surface area contributed by atoms with Crippen molar-refractivity contribution in [3.8, 4) is 5.75 Å². The van der Waals surface area contributed by atoms with Crippen molar-refractivity contribution < 1.29 is 28.5 Å². The fourth-order valence-electron chi connectivity index (χ4n) is 6.14. The second-order valence-corrected chi connectivity index (χ2v) is 17.8. The van der Waals surface area contributed by atoms with Gasteiger partial charge in [0, 0.05) is 6.61 Å². The van der Waals surface area contributed by atoms with E-state index >= 15 is 0 Å². The first-order valence-electron chi connectivity index (χ1n) is 16.3. The molecule has 46 heavy (non-hydrogen) atoms. The molecule has 3 aromatic rings. The number of aliphatic hydroxyl groups excluding tert-OH is 1. The molecule has 0 amide bonds. The van der Waals surface area contributed by atoms with Crippen molar-refractivity contribution in [3.05, 3.63) is 114 Å². The molecule has 1 N–H and O–H groups in total. The molecule has 3 aromatic carbocycles. The predicted octanol–water partition coefficient (Wildman–Crippen LogP) is 6.95. The normalized spacial score (nSPS) is 19.4. The molecule has 0 aliphatic carbocycles. The first kappa shape index (κ1) is 35.8. The minimum absolute atomic E-state index is 0.0736. The molecule has 0 unspecified atom stereocenters. The van der Waals surface area contributed by atoms with Gasteiger partial charge in [0.15, 0.2) is 5.79 Å². The largest absolute Gasteiger partial charge is 0.497 e. The molecule has 1 fully saturated rings. The Kier molecular flexibility index (Phi) is 12.6. The number of hydrogen-bond donors (Lipinski definition) is 1. The summed E-state index contributed by atoms with van der Waals surface area (Å²) in [6, 6.07) is 29.2. The minimum Gasteiger partial charge on any atom is -0.497 e. The van der Waals surface area contributed by atoms with Gasteiger partial charge >= 0.3 is 0 Å². The lowest BCUT2D eigenvalue weighted by Crippen LogP contribution is -2.66. The van der Waals surface area contributed by atoms with E-state index in [4.69, 9.17) is 23.4 Å². The molecule has 6 nitrogen and oxygen atoms in total. The maximum Gasteiger partial charge on any atom is 0.261 e. The highest BCUT2D eigenvalue weighted by Gasteiger charge is 2.50. The molecule has 248 valence electrons. The first-order valence-corrected chi connectivity index (χ1v) is 18.2. The van der Waals surface area contributed by atoms with Crippen molar-refractivity contribution >= 4 is 18.7 Å². The lowest BCUT2D eigenvalue weighted by molar-refractivity contribution is -0.153. The molecule has 0 spiro atoms. The zero-order chi connectivity index (χ0) is 33.2. The summed E-state index contributed by atoms with van der Waals surface area (Å²) in [5.74, 6) is 0.0514. The number of aliphatic hydroxyl groups is 1. The van der Waals surface area contributed by atoms with Gasteiger partial charge in [-0.15, -0.1) is 0 Å². The van der Waals surface area contributed by atoms with Crippen LogP contribution in [0.25, 0.3) is 0 Å². The van der Waals surface area contributed by atoms with Gasteiger partial charge in [0.25, 0.3) is 8.32 Å². The van der Waals surface area contributed by atoms with Gasteiger partial charge in [-0.3, -0.25) is 0 Å². The molecule has 7 heteroatoms. The van der Waals surface area contributed by atoms with E-state index in [1.165, 1.54) is 15.9 Å². The fourth-order valence-corrected chi connectivity index (χ4v) is 10.6. The highest BCUT2D eigenvalue weighted by molar-refractivity contribution is 6.99. The maximum atomic E-state index is 11.1. The van der Waals surface area contributed by atoms with Crippen LogP contribution in [0.2, 0.25) is 5.04 Å². The van der Waals surface area contributed by atoms with Crippen molar-refractivity contribution in [2.75, 3.05) is 20.3 Å². The van der Waals surface area contributed by atoms with Crippen LogP contribution in [-0.4, -0.2) is 57.8 Å². The Morgan fingerprint density at radius 1 is 0.935 bits per heavy atom. The Morgan fingerprint density at radius 2 is 1.54 bits per heavy atom. The van der Waals surface area contributed by atoms with E-state index in [2.05, 4.69) is 94.4 Å². The third-order valence-corrected chi connectivity index (χ3v) is 13.5. The van der Waals surface area contributed by atoms with Crippen LogP contribution in [0.4, 0.5) is 0 Å². The fraction of sp³-hybridized carbons (Fsp3) is 0.436. The summed E-state index contributed by atoms with van der Waals surface area (Å²) in [7, 11) is -0.936. The Balaban J connectivity index is 1.34. The van der Waals surface area contributed by atoms with Gasteiger partial charge in [0.05, 0.1) is 26.4 Å². The Hall–Kier alpha value is -3.04. The summed E-state index contributed by atoms with van der Waals surface area (Å²) in [5.41, 5.74) is 2.25. The lowest BCUT2D eigenvalue weighted by Gasteiger charge is -2.42. The average molecular weight is 645 g/mol. The van der Waals surface area contributed by atoms with Crippen LogP contribution in [0.5, 0.6) is 5.75 Å². The van der Waals surface area contributed by atoms with E-state index in [0.29, 0.717) is 32.7 Å². The Morgan fingerprint density at radius 3 is 2.11 bits per heavy atom. The van der Waals surface area contributed by atoms with Crippen LogP contribution in [0.15, 0.2) is 109 Å².